The molecule has 1 aliphatic rings. The first-order valence-electron chi connectivity index (χ1n) is 6.92. The first-order chi connectivity index (χ1) is 8.89. The molecule has 19 heavy (non-hydrogen) atoms. The predicted molar refractivity (Wildman–Crippen MR) is 79.7 cm³/mol. The summed E-state index contributed by atoms with van der Waals surface area (Å²) in [5, 5.41) is 7.50. The van der Waals surface area contributed by atoms with Crippen LogP contribution in [-0.4, -0.2) is 23.9 Å². The molecular formula is C15H24N4. The van der Waals surface area contributed by atoms with Gasteiger partial charge in [0.1, 0.15) is 11.7 Å². The van der Waals surface area contributed by atoms with E-state index in [1.807, 2.05) is 6.07 Å². The average Bonchev–Trinajstić information content (AvgIpc) is 2.38. The van der Waals surface area contributed by atoms with E-state index in [0.717, 1.165) is 11.4 Å². The van der Waals surface area contributed by atoms with Gasteiger partial charge < -0.3 is 10.6 Å². The standard InChI is InChI=1S/C15H24N4/c1-15(2)7-4-12(5-8-15)19(3)13-10-11(14(16)17)6-9-18-13/h6,9-10,12H,4-5,7-8H2,1-3H3,(H3,16,17). The van der Waals surface area contributed by atoms with Crippen molar-refractivity contribution < 1.29 is 0 Å². The van der Waals surface area contributed by atoms with Gasteiger partial charge in [-0.3, -0.25) is 5.41 Å². The number of anilines is 1. The Morgan fingerprint density at radius 2 is 2.05 bits per heavy atom. The van der Waals surface area contributed by atoms with Crippen LogP contribution in [-0.2, 0) is 0 Å². The van der Waals surface area contributed by atoms with Crippen LogP contribution in [0.4, 0.5) is 5.82 Å². The molecule has 2 rings (SSSR count). The van der Waals surface area contributed by atoms with Crippen molar-refractivity contribution >= 4 is 11.7 Å². The molecule has 4 nitrogen and oxygen atoms in total. The van der Waals surface area contributed by atoms with Crippen LogP contribution in [0.25, 0.3) is 0 Å². The molecule has 0 saturated heterocycles. The van der Waals surface area contributed by atoms with Crippen LogP contribution in [0.5, 0.6) is 0 Å². The van der Waals surface area contributed by atoms with E-state index in [1.165, 1.54) is 25.7 Å². The van der Waals surface area contributed by atoms with Crippen molar-refractivity contribution in [2.45, 2.75) is 45.6 Å². The highest BCUT2D eigenvalue weighted by atomic mass is 15.2. The van der Waals surface area contributed by atoms with Crippen molar-refractivity contribution in [2.75, 3.05) is 11.9 Å². The van der Waals surface area contributed by atoms with Crippen molar-refractivity contribution in [3.05, 3.63) is 23.9 Å². The summed E-state index contributed by atoms with van der Waals surface area (Å²) in [6, 6.07) is 4.23. The lowest BCUT2D eigenvalue weighted by Gasteiger charge is -2.39. The van der Waals surface area contributed by atoms with Crippen LogP contribution < -0.4 is 10.6 Å². The summed E-state index contributed by atoms with van der Waals surface area (Å²) in [7, 11) is 2.09. The number of amidine groups is 1. The number of nitrogens with zero attached hydrogens (tertiary/aromatic N) is 2. The maximum atomic E-state index is 7.50. The number of hydrogen-bond donors (Lipinski definition) is 2. The lowest BCUT2D eigenvalue weighted by atomic mass is 9.75. The number of rotatable bonds is 3. The van der Waals surface area contributed by atoms with Crippen molar-refractivity contribution in [1.29, 1.82) is 5.41 Å². The van der Waals surface area contributed by atoms with E-state index in [1.54, 1.807) is 12.3 Å². The molecule has 0 radical (unpaired) electrons. The second-order valence-corrected chi connectivity index (χ2v) is 6.32. The first-order valence-corrected chi connectivity index (χ1v) is 6.92. The van der Waals surface area contributed by atoms with Gasteiger partial charge in [-0.15, -0.1) is 0 Å². The van der Waals surface area contributed by atoms with E-state index in [2.05, 4.69) is 30.8 Å². The maximum Gasteiger partial charge on any atom is 0.129 e. The summed E-state index contributed by atoms with van der Waals surface area (Å²) in [6.07, 6.45) is 6.66. The second kappa shape index (κ2) is 5.19. The van der Waals surface area contributed by atoms with Gasteiger partial charge in [-0.05, 0) is 43.2 Å². The minimum absolute atomic E-state index is 0.0989. The average molecular weight is 260 g/mol. The third-order valence-electron chi connectivity index (χ3n) is 4.27. The van der Waals surface area contributed by atoms with Gasteiger partial charge in [0.2, 0.25) is 0 Å². The van der Waals surface area contributed by atoms with E-state index in [-0.39, 0.29) is 5.84 Å². The van der Waals surface area contributed by atoms with Crippen LogP contribution in [0.2, 0.25) is 0 Å². The molecule has 0 spiro atoms. The summed E-state index contributed by atoms with van der Waals surface area (Å²) in [4.78, 5) is 6.64. The summed E-state index contributed by atoms with van der Waals surface area (Å²) < 4.78 is 0. The zero-order valence-corrected chi connectivity index (χ0v) is 12.1. The van der Waals surface area contributed by atoms with Gasteiger partial charge in [0.25, 0.3) is 0 Å². The zero-order chi connectivity index (χ0) is 14.0. The molecular weight excluding hydrogens is 236 g/mol. The first kappa shape index (κ1) is 13.8. The molecule has 1 aliphatic carbocycles. The van der Waals surface area contributed by atoms with Crippen molar-refractivity contribution in [2.24, 2.45) is 11.1 Å². The van der Waals surface area contributed by atoms with Gasteiger partial charge in [0.05, 0.1) is 0 Å². The lowest BCUT2D eigenvalue weighted by molar-refractivity contribution is 0.222. The number of aromatic nitrogens is 1. The zero-order valence-electron chi connectivity index (χ0n) is 12.1. The Morgan fingerprint density at radius 3 is 2.63 bits per heavy atom. The Hall–Kier alpha value is -1.58. The highest BCUT2D eigenvalue weighted by Gasteiger charge is 2.29. The third-order valence-corrected chi connectivity index (χ3v) is 4.27. The topological polar surface area (TPSA) is 66.0 Å². The van der Waals surface area contributed by atoms with Crippen molar-refractivity contribution in [1.82, 2.24) is 4.98 Å². The minimum atomic E-state index is 0.0989. The Kier molecular flexibility index (Phi) is 3.78. The second-order valence-electron chi connectivity index (χ2n) is 6.32. The van der Waals surface area contributed by atoms with Crippen LogP contribution >= 0.6 is 0 Å². The highest BCUT2D eigenvalue weighted by molar-refractivity contribution is 5.95. The predicted octanol–water partition coefficient (Wildman–Crippen LogP) is 2.77. The molecule has 0 aromatic carbocycles. The largest absolute Gasteiger partial charge is 0.384 e. The van der Waals surface area contributed by atoms with Gasteiger partial charge in [0, 0.05) is 24.8 Å². The van der Waals surface area contributed by atoms with Crippen LogP contribution in [0.15, 0.2) is 18.3 Å². The fourth-order valence-corrected chi connectivity index (χ4v) is 2.74. The molecule has 4 heteroatoms. The van der Waals surface area contributed by atoms with Gasteiger partial charge in [-0.25, -0.2) is 4.98 Å². The number of nitrogens with one attached hydrogen (secondary N) is 1. The van der Waals surface area contributed by atoms with Gasteiger partial charge in [0.15, 0.2) is 0 Å². The molecule has 1 heterocycles. The van der Waals surface area contributed by atoms with Gasteiger partial charge in [-0.1, -0.05) is 13.8 Å². The molecule has 0 atom stereocenters. The minimum Gasteiger partial charge on any atom is -0.384 e. The summed E-state index contributed by atoms with van der Waals surface area (Å²) >= 11 is 0. The molecule has 0 bridgehead atoms. The van der Waals surface area contributed by atoms with E-state index in [9.17, 15) is 0 Å². The molecule has 0 aliphatic heterocycles. The Balaban J connectivity index is 2.10. The number of nitrogen functional groups attached to an aromatic ring is 1. The van der Waals surface area contributed by atoms with Crippen LogP contribution in [0.3, 0.4) is 0 Å². The van der Waals surface area contributed by atoms with Crippen molar-refractivity contribution in [3.63, 3.8) is 0 Å². The molecule has 1 aromatic heterocycles. The summed E-state index contributed by atoms with van der Waals surface area (Å²) in [5.41, 5.74) is 6.76. The van der Waals surface area contributed by atoms with Gasteiger partial charge >= 0.3 is 0 Å². The fraction of sp³-hybridized carbons (Fsp3) is 0.600. The molecule has 1 saturated carbocycles. The summed E-state index contributed by atoms with van der Waals surface area (Å²) in [6.45, 7) is 4.69. The molecule has 0 unspecified atom stereocenters. The van der Waals surface area contributed by atoms with E-state index in [0.29, 0.717) is 11.5 Å². The molecule has 1 aromatic rings. The van der Waals surface area contributed by atoms with E-state index >= 15 is 0 Å². The Morgan fingerprint density at radius 1 is 1.42 bits per heavy atom. The fourth-order valence-electron chi connectivity index (χ4n) is 2.74. The Labute approximate surface area is 115 Å². The molecule has 1 fully saturated rings. The van der Waals surface area contributed by atoms with E-state index in [4.69, 9.17) is 11.1 Å². The number of pyridine rings is 1. The van der Waals surface area contributed by atoms with Crippen LogP contribution in [0.1, 0.15) is 45.1 Å². The molecule has 104 valence electrons. The SMILES string of the molecule is CN(c1cc(C(=N)N)ccn1)C1CCC(C)(C)CC1. The summed E-state index contributed by atoms with van der Waals surface area (Å²) in [5.74, 6) is 1.01. The maximum absolute atomic E-state index is 7.50. The quantitative estimate of drug-likeness (QED) is 0.648. The monoisotopic (exact) mass is 260 g/mol. The molecule has 0 amide bonds. The highest BCUT2D eigenvalue weighted by Crippen LogP contribution is 2.37. The lowest BCUT2D eigenvalue weighted by Crippen LogP contribution is -2.37. The van der Waals surface area contributed by atoms with Crippen molar-refractivity contribution in [3.8, 4) is 0 Å². The number of nitrogens with two attached hydrogens (primary N) is 1. The normalized spacial score (nSPS) is 19.1. The molecule has 3 N–H and O–H groups in total. The van der Waals surface area contributed by atoms with Gasteiger partial charge in [-0.2, -0.15) is 0 Å². The van der Waals surface area contributed by atoms with E-state index < -0.39 is 0 Å². The number of hydrogen-bond acceptors (Lipinski definition) is 3. The third kappa shape index (κ3) is 3.25. The smallest absolute Gasteiger partial charge is 0.129 e. The Bertz CT molecular complexity index is 457. The van der Waals surface area contributed by atoms with Crippen LogP contribution in [0, 0.1) is 10.8 Å².